The second kappa shape index (κ2) is 7.89. The van der Waals surface area contributed by atoms with E-state index in [-0.39, 0.29) is 18.1 Å². The number of ether oxygens (including phenoxy) is 3. The Kier molecular flexibility index (Phi) is 5.26. The van der Waals surface area contributed by atoms with E-state index in [1.165, 1.54) is 12.1 Å². The van der Waals surface area contributed by atoms with Crippen LogP contribution in [0.15, 0.2) is 40.8 Å². The first kappa shape index (κ1) is 22.0. The molecule has 2 aliphatic rings. The maximum atomic E-state index is 10.3. The van der Waals surface area contributed by atoms with Crippen molar-refractivity contribution in [1.29, 1.82) is 0 Å². The lowest BCUT2D eigenvalue weighted by Gasteiger charge is -2.36. The number of hydrogen-bond acceptors (Lipinski definition) is 9. The van der Waals surface area contributed by atoms with Gasteiger partial charge in [-0.25, -0.2) is 0 Å². The van der Waals surface area contributed by atoms with E-state index in [4.69, 9.17) is 18.6 Å². The molecule has 2 aromatic carbocycles. The number of furan rings is 1. The fourth-order valence-corrected chi connectivity index (χ4v) is 4.13. The van der Waals surface area contributed by atoms with Crippen molar-refractivity contribution in [3.63, 3.8) is 0 Å². The summed E-state index contributed by atoms with van der Waals surface area (Å²) in [6, 6.07) is 9.97. The molecular weight excluding hydrogens is 432 g/mol. The maximum absolute atomic E-state index is 10.3. The van der Waals surface area contributed by atoms with Crippen molar-refractivity contribution in [2.75, 3.05) is 6.61 Å². The lowest BCUT2D eigenvalue weighted by molar-refractivity contribution is -0.242. The van der Waals surface area contributed by atoms with Crippen molar-refractivity contribution in [1.82, 2.24) is 0 Å². The molecule has 176 valence electrons. The molecule has 0 spiro atoms. The smallest absolute Gasteiger partial charge is 0.228 e. The number of hydrogen-bond donors (Lipinski definition) is 5. The standard InChI is InChI=1S/C24H26O9/c1-24(2)20(27)7-12-3-11-6-17(32-18(11)9-19(12)33-24)13-4-14(25)8-15(5-13)31-23-22(29)21(28)16(26)10-30-23/h3-6,8-9,16,20-23,25-29H,7,10H2,1-2H3/t16-,20?,21+,22-,23+/m0/s1. The van der Waals surface area contributed by atoms with Crippen LogP contribution in [0.5, 0.6) is 17.2 Å². The summed E-state index contributed by atoms with van der Waals surface area (Å²) in [6.07, 6.45) is -5.46. The van der Waals surface area contributed by atoms with E-state index in [2.05, 4.69) is 0 Å². The Balaban J connectivity index is 1.45. The Labute approximate surface area is 189 Å². The Morgan fingerprint density at radius 1 is 0.970 bits per heavy atom. The molecule has 1 saturated heterocycles. The number of aliphatic hydroxyl groups excluding tert-OH is 4. The minimum Gasteiger partial charge on any atom is -0.508 e. The molecule has 0 saturated carbocycles. The number of rotatable bonds is 3. The zero-order valence-electron chi connectivity index (χ0n) is 18.1. The van der Waals surface area contributed by atoms with Gasteiger partial charge in [0.25, 0.3) is 0 Å². The summed E-state index contributed by atoms with van der Waals surface area (Å²) in [5, 5.41) is 50.9. The lowest BCUT2D eigenvalue weighted by Crippen LogP contribution is -2.54. The Morgan fingerprint density at radius 3 is 2.55 bits per heavy atom. The van der Waals surface area contributed by atoms with Crippen LogP contribution >= 0.6 is 0 Å². The van der Waals surface area contributed by atoms with Gasteiger partial charge in [0, 0.05) is 29.5 Å². The van der Waals surface area contributed by atoms with E-state index < -0.39 is 36.3 Å². The summed E-state index contributed by atoms with van der Waals surface area (Å²) >= 11 is 0. The number of aliphatic hydroxyl groups is 4. The molecular formula is C24H26O9. The largest absolute Gasteiger partial charge is 0.508 e. The van der Waals surface area contributed by atoms with Crippen LogP contribution in [0.1, 0.15) is 19.4 Å². The minimum atomic E-state index is -1.46. The molecule has 0 aliphatic carbocycles. The molecule has 9 nitrogen and oxygen atoms in total. The quantitative estimate of drug-likeness (QED) is 0.396. The van der Waals surface area contributed by atoms with Crippen molar-refractivity contribution in [3.05, 3.63) is 42.0 Å². The predicted molar refractivity (Wildman–Crippen MR) is 116 cm³/mol. The molecule has 2 aliphatic heterocycles. The fraction of sp³-hybridized carbons (Fsp3) is 0.417. The van der Waals surface area contributed by atoms with E-state index >= 15 is 0 Å². The van der Waals surface area contributed by atoms with Crippen LogP contribution in [0.2, 0.25) is 0 Å². The third-order valence-electron chi connectivity index (χ3n) is 6.17. The zero-order valence-corrected chi connectivity index (χ0v) is 18.1. The van der Waals surface area contributed by atoms with Crippen LogP contribution in [-0.4, -0.2) is 68.4 Å². The fourth-order valence-electron chi connectivity index (χ4n) is 4.13. The van der Waals surface area contributed by atoms with Gasteiger partial charge in [0.05, 0.1) is 12.7 Å². The number of benzene rings is 2. The lowest BCUT2D eigenvalue weighted by atomic mass is 9.90. The van der Waals surface area contributed by atoms with Gasteiger partial charge in [-0.05, 0) is 43.7 Å². The average Bonchev–Trinajstić information content (AvgIpc) is 3.16. The van der Waals surface area contributed by atoms with Gasteiger partial charge in [-0.2, -0.15) is 0 Å². The van der Waals surface area contributed by atoms with Crippen molar-refractivity contribution in [3.8, 4) is 28.6 Å². The first-order valence-corrected chi connectivity index (χ1v) is 10.7. The van der Waals surface area contributed by atoms with Crippen molar-refractivity contribution < 1.29 is 44.2 Å². The second-order valence-corrected chi connectivity index (χ2v) is 9.12. The Bertz CT molecular complexity index is 1180. The Morgan fingerprint density at radius 2 is 1.76 bits per heavy atom. The average molecular weight is 458 g/mol. The molecule has 1 unspecified atom stereocenters. The van der Waals surface area contributed by atoms with Gasteiger partial charge >= 0.3 is 0 Å². The van der Waals surface area contributed by atoms with Gasteiger partial charge in [0.1, 0.15) is 52.5 Å². The van der Waals surface area contributed by atoms with E-state index in [0.717, 1.165) is 10.9 Å². The predicted octanol–water partition coefficient (Wildman–Crippen LogP) is 1.70. The first-order valence-electron chi connectivity index (χ1n) is 10.7. The minimum absolute atomic E-state index is 0.0960. The highest BCUT2D eigenvalue weighted by Gasteiger charge is 2.39. The number of aromatic hydroxyl groups is 1. The normalized spacial score (nSPS) is 28.8. The summed E-state index contributed by atoms with van der Waals surface area (Å²) in [6.45, 7) is 3.47. The van der Waals surface area contributed by atoms with Crippen LogP contribution < -0.4 is 9.47 Å². The third-order valence-corrected chi connectivity index (χ3v) is 6.17. The molecule has 0 amide bonds. The topological polar surface area (TPSA) is 142 Å². The first-order chi connectivity index (χ1) is 15.6. The highest BCUT2D eigenvalue weighted by molar-refractivity contribution is 5.85. The van der Waals surface area contributed by atoms with Crippen LogP contribution in [0.25, 0.3) is 22.3 Å². The van der Waals surface area contributed by atoms with Crippen molar-refractivity contribution in [2.24, 2.45) is 0 Å². The number of phenolic OH excluding ortho intramolecular Hbond substituents is 1. The molecule has 5 rings (SSSR count). The van der Waals surface area contributed by atoms with Gasteiger partial charge in [-0.1, -0.05) is 0 Å². The molecule has 1 fully saturated rings. The molecule has 5 N–H and O–H groups in total. The summed E-state index contributed by atoms with van der Waals surface area (Å²) in [4.78, 5) is 0. The van der Waals surface area contributed by atoms with Crippen LogP contribution in [0, 0.1) is 0 Å². The molecule has 0 radical (unpaired) electrons. The van der Waals surface area contributed by atoms with Crippen molar-refractivity contribution in [2.45, 2.75) is 56.6 Å². The van der Waals surface area contributed by atoms with Gasteiger partial charge in [0.15, 0.2) is 0 Å². The summed E-state index contributed by atoms with van der Waals surface area (Å²) in [7, 11) is 0. The second-order valence-electron chi connectivity index (χ2n) is 9.12. The molecule has 33 heavy (non-hydrogen) atoms. The molecule has 3 heterocycles. The van der Waals surface area contributed by atoms with Gasteiger partial charge < -0.3 is 44.2 Å². The highest BCUT2D eigenvalue weighted by Crippen LogP contribution is 2.39. The monoisotopic (exact) mass is 458 g/mol. The van der Waals surface area contributed by atoms with Crippen LogP contribution in [0.4, 0.5) is 0 Å². The van der Waals surface area contributed by atoms with E-state index in [1.807, 2.05) is 26.0 Å². The van der Waals surface area contributed by atoms with Gasteiger partial charge in [0.2, 0.25) is 6.29 Å². The van der Waals surface area contributed by atoms with Crippen LogP contribution in [0.3, 0.4) is 0 Å². The zero-order chi connectivity index (χ0) is 23.5. The Hall–Kier alpha value is -2.82. The van der Waals surface area contributed by atoms with Crippen molar-refractivity contribution >= 4 is 11.0 Å². The molecule has 1 aromatic heterocycles. The molecule has 5 atom stereocenters. The summed E-state index contributed by atoms with van der Waals surface area (Å²) in [5.74, 6) is 1.21. The van der Waals surface area contributed by atoms with E-state index in [1.54, 1.807) is 12.1 Å². The molecule has 0 bridgehead atoms. The van der Waals surface area contributed by atoms with E-state index in [0.29, 0.717) is 29.1 Å². The maximum Gasteiger partial charge on any atom is 0.228 e. The van der Waals surface area contributed by atoms with Gasteiger partial charge in [-0.15, -0.1) is 0 Å². The number of fused-ring (bicyclic) bond motifs is 2. The summed E-state index contributed by atoms with van der Waals surface area (Å²) < 4.78 is 22.9. The molecule has 9 heteroatoms. The van der Waals surface area contributed by atoms with Gasteiger partial charge in [-0.3, -0.25) is 0 Å². The third kappa shape index (κ3) is 4.03. The van der Waals surface area contributed by atoms with Crippen LogP contribution in [-0.2, 0) is 11.2 Å². The van der Waals surface area contributed by atoms with E-state index in [9.17, 15) is 25.5 Å². The molecule has 3 aromatic rings. The highest BCUT2D eigenvalue weighted by atomic mass is 16.7. The summed E-state index contributed by atoms with van der Waals surface area (Å²) in [5.41, 5.74) is 1.28. The number of phenols is 1. The SMILES string of the molecule is CC1(C)Oc2cc3oc(-c4cc(O)cc(O[C@H]5OC[C@H](O)[C@@H](O)[C@@H]5O)c4)cc3cc2CC1O.